The Morgan fingerprint density at radius 1 is 1.15 bits per heavy atom. The third-order valence-corrected chi connectivity index (χ3v) is 3.26. The highest BCUT2D eigenvalue weighted by molar-refractivity contribution is 6.04. The quantitative estimate of drug-likeness (QED) is 0.870. The van der Waals surface area contributed by atoms with Crippen LogP contribution in [0.15, 0.2) is 42.5 Å². The third-order valence-electron chi connectivity index (χ3n) is 3.26. The maximum absolute atomic E-state index is 12.1. The molecule has 4 heteroatoms. The van der Waals surface area contributed by atoms with E-state index in [1.807, 2.05) is 12.1 Å². The van der Waals surface area contributed by atoms with E-state index in [4.69, 9.17) is 4.74 Å². The first-order chi connectivity index (χ1) is 9.76. The lowest BCUT2D eigenvalue weighted by molar-refractivity contribution is 0.102. The number of anilines is 1. The summed E-state index contributed by atoms with van der Waals surface area (Å²) in [4.78, 5) is 22.7. The number of fused-ring (bicyclic) bond motifs is 1. The number of nitrogens with one attached hydrogen (secondary N) is 1. The van der Waals surface area contributed by atoms with Crippen molar-refractivity contribution >= 4 is 17.9 Å². The van der Waals surface area contributed by atoms with Crippen molar-refractivity contribution in [2.75, 3.05) is 11.9 Å². The van der Waals surface area contributed by atoms with Crippen LogP contribution in [0.25, 0.3) is 0 Å². The van der Waals surface area contributed by atoms with Crippen LogP contribution in [-0.2, 0) is 6.42 Å². The van der Waals surface area contributed by atoms with Crippen molar-refractivity contribution in [2.24, 2.45) is 0 Å². The van der Waals surface area contributed by atoms with Gasteiger partial charge in [0.05, 0.1) is 6.61 Å². The van der Waals surface area contributed by atoms with Crippen LogP contribution in [0.3, 0.4) is 0 Å². The molecule has 1 heterocycles. The number of rotatable bonds is 3. The molecular weight excluding hydrogens is 254 g/mol. The van der Waals surface area contributed by atoms with E-state index in [-0.39, 0.29) is 5.91 Å². The largest absolute Gasteiger partial charge is 0.493 e. The normalized spacial score (nSPS) is 12.4. The summed E-state index contributed by atoms with van der Waals surface area (Å²) in [6.45, 7) is 0.674. The Balaban J connectivity index is 1.76. The summed E-state index contributed by atoms with van der Waals surface area (Å²) >= 11 is 0. The van der Waals surface area contributed by atoms with Gasteiger partial charge in [0.1, 0.15) is 12.0 Å². The number of carbonyl (C=O) groups is 2. The Morgan fingerprint density at radius 2 is 1.95 bits per heavy atom. The summed E-state index contributed by atoms with van der Waals surface area (Å²) in [5.41, 5.74) is 2.91. The zero-order valence-corrected chi connectivity index (χ0v) is 10.8. The lowest BCUT2D eigenvalue weighted by Gasteiger charge is -2.06. The van der Waals surface area contributed by atoms with Gasteiger partial charge in [0, 0.05) is 23.2 Å². The second-order valence-corrected chi connectivity index (χ2v) is 4.61. The van der Waals surface area contributed by atoms with E-state index in [9.17, 15) is 9.59 Å². The Hall–Kier alpha value is -2.62. The molecule has 0 saturated heterocycles. The lowest BCUT2D eigenvalue weighted by Crippen LogP contribution is -2.12. The van der Waals surface area contributed by atoms with Gasteiger partial charge >= 0.3 is 0 Å². The second-order valence-electron chi connectivity index (χ2n) is 4.61. The van der Waals surface area contributed by atoms with Crippen molar-refractivity contribution in [1.82, 2.24) is 0 Å². The number of ether oxygens (including phenoxy) is 1. The average molecular weight is 267 g/mol. The van der Waals surface area contributed by atoms with E-state index in [0.29, 0.717) is 23.4 Å². The number of hydrogen-bond donors (Lipinski definition) is 1. The molecule has 1 aliphatic rings. The van der Waals surface area contributed by atoms with Crippen LogP contribution in [0, 0.1) is 0 Å². The number of carbonyl (C=O) groups excluding carboxylic acids is 2. The van der Waals surface area contributed by atoms with Gasteiger partial charge in [-0.2, -0.15) is 0 Å². The molecule has 0 fully saturated rings. The van der Waals surface area contributed by atoms with Crippen LogP contribution in [-0.4, -0.2) is 18.8 Å². The number of amides is 1. The molecule has 2 aromatic carbocycles. The first-order valence-electron chi connectivity index (χ1n) is 6.38. The van der Waals surface area contributed by atoms with E-state index in [1.54, 1.807) is 30.3 Å². The number of benzene rings is 2. The van der Waals surface area contributed by atoms with Gasteiger partial charge in [-0.3, -0.25) is 9.59 Å². The van der Waals surface area contributed by atoms with Crippen LogP contribution in [0.1, 0.15) is 26.3 Å². The van der Waals surface area contributed by atoms with Crippen molar-refractivity contribution in [1.29, 1.82) is 0 Å². The standard InChI is InChI=1S/C16H13NO3/c18-10-11-1-4-14(5-2-11)17-16(19)13-3-6-15-12(9-13)7-8-20-15/h1-6,9-10H,7-8H2,(H,17,19). The van der Waals surface area contributed by atoms with Crippen LogP contribution in [0.4, 0.5) is 5.69 Å². The molecule has 0 aliphatic carbocycles. The summed E-state index contributed by atoms with van der Waals surface area (Å²) in [6.07, 6.45) is 1.61. The number of aldehydes is 1. The van der Waals surface area contributed by atoms with E-state index in [1.165, 1.54) is 0 Å². The predicted octanol–water partition coefficient (Wildman–Crippen LogP) is 2.69. The zero-order chi connectivity index (χ0) is 13.9. The molecule has 1 aliphatic heterocycles. The van der Waals surface area contributed by atoms with E-state index in [0.717, 1.165) is 24.0 Å². The molecule has 0 saturated carbocycles. The molecule has 2 aromatic rings. The first-order valence-corrected chi connectivity index (χ1v) is 6.38. The molecule has 0 atom stereocenters. The zero-order valence-electron chi connectivity index (χ0n) is 10.8. The van der Waals surface area contributed by atoms with Gasteiger partial charge in [-0.1, -0.05) is 0 Å². The van der Waals surface area contributed by atoms with E-state index in [2.05, 4.69) is 5.32 Å². The van der Waals surface area contributed by atoms with Gasteiger partial charge in [-0.15, -0.1) is 0 Å². The monoisotopic (exact) mass is 267 g/mol. The Labute approximate surface area is 116 Å². The Morgan fingerprint density at radius 3 is 2.70 bits per heavy atom. The fourth-order valence-electron chi connectivity index (χ4n) is 2.18. The van der Waals surface area contributed by atoms with Gasteiger partial charge in [0.25, 0.3) is 5.91 Å². The van der Waals surface area contributed by atoms with Crippen LogP contribution < -0.4 is 10.1 Å². The molecule has 0 unspecified atom stereocenters. The van der Waals surface area contributed by atoms with Gasteiger partial charge in [0.2, 0.25) is 0 Å². The van der Waals surface area contributed by atoms with Crippen molar-refractivity contribution in [3.05, 3.63) is 59.2 Å². The van der Waals surface area contributed by atoms with Crippen molar-refractivity contribution in [3.8, 4) is 5.75 Å². The minimum absolute atomic E-state index is 0.168. The Bertz CT molecular complexity index is 662. The topological polar surface area (TPSA) is 55.4 Å². The molecule has 20 heavy (non-hydrogen) atoms. The molecule has 0 radical (unpaired) electrons. The Kier molecular flexibility index (Phi) is 3.21. The second kappa shape index (κ2) is 5.17. The fourth-order valence-corrected chi connectivity index (χ4v) is 2.18. The SMILES string of the molecule is O=Cc1ccc(NC(=O)c2ccc3c(c2)CCO3)cc1. The number of hydrogen-bond acceptors (Lipinski definition) is 3. The summed E-state index contributed by atoms with van der Waals surface area (Å²) in [7, 11) is 0. The maximum Gasteiger partial charge on any atom is 0.255 e. The molecule has 100 valence electrons. The maximum atomic E-state index is 12.1. The predicted molar refractivity (Wildman–Crippen MR) is 75.4 cm³/mol. The lowest BCUT2D eigenvalue weighted by atomic mass is 10.1. The molecule has 0 spiro atoms. The third kappa shape index (κ3) is 2.40. The summed E-state index contributed by atoms with van der Waals surface area (Å²) in [5.74, 6) is 0.690. The average Bonchev–Trinajstić information content (AvgIpc) is 2.95. The van der Waals surface area contributed by atoms with Gasteiger partial charge in [-0.25, -0.2) is 0 Å². The molecular formula is C16H13NO3. The van der Waals surface area contributed by atoms with Crippen LogP contribution in [0.5, 0.6) is 5.75 Å². The first kappa shape index (κ1) is 12.4. The summed E-state index contributed by atoms with van der Waals surface area (Å²) in [5, 5.41) is 2.81. The van der Waals surface area contributed by atoms with E-state index < -0.39 is 0 Å². The van der Waals surface area contributed by atoms with E-state index >= 15 is 0 Å². The van der Waals surface area contributed by atoms with Crippen LogP contribution >= 0.6 is 0 Å². The van der Waals surface area contributed by atoms with Crippen molar-refractivity contribution in [2.45, 2.75) is 6.42 Å². The smallest absolute Gasteiger partial charge is 0.255 e. The minimum Gasteiger partial charge on any atom is -0.493 e. The van der Waals surface area contributed by atoms with Gasteiger partial charge in [0.15, 0.2) is 0 Å². The molecule has 0 aromatic heterocycles. The molecule has 0 bridgehead atoms. The van der Waals surface area contributed by atoms with Crippen molar-refractivity contribution < 1.29 is 14.3 Å². The molecule has 1 amide bonds. The highest BCUT2D eigenvalue weighted by Gasteiger charge is 2.15. The highest BCUT2D eigenvalue weighted by atomic mass is 16.5. The summed E-state index contributed by atoms with van der Waals surface area (Å²) in [6, 6.07) is 12.2. The molecule has 1 N–H and O–H groups in total. The minimum atomic E-state index is -0.168. The summed E-state index contributed by atoms with van der Waals surface area (Å²) < 4.78 is 5.41. The van der Waals surface area contributed by atoms with Gasteiger partial charge < -0.3 is 10.1 Å². The van der Waals surface area contributed by atoms with Gasteiger partial charge in [-0.05, 0) is 48.0 Å². The molecule has 4 nitrogen and oxygen atoms in total. The van der Waals surface area contributed by atoms with Crippen molar-refractivity contribution in [3.63, 3.8) is 0 Å². The highest BCUT2D eigenvalue weighted by Crippen LogP contribution is 2.26. The van der Waals surface area contributed by atoms with Crippen LogP contribution in [0.2, 0.25) is 0 Å². The molecule has 3 rings (SSSR count). The fraction of sp³-hybridized carbons (Fsp3) is 0.125.